The van der Waals surface area contributed by atoms with Crippen molar-refractivity contribution in [1.29, 1.82) is 0 Å². The van der Waals surface area contributed by atoms with Gasteiger partial charge in [-0.15, -0.1) is 11.6 Å². The van der Waals surface area contributed by atoms with Gasteiger partial charge in [-0.3, -0.25) is 9.89 Å². The summed E-state index contributed by atoms with van der Waals surface area (Å²) in [6.45, 7) is 1.60. The van der Waals surface area contributed by atoms with E-state index in [2.05, 4.69) is 10.2 Å². The smallest absolute Gasteiger partial charge is 0.257 e. The number of hydrogen-bond acceptors (Lipinski definition) is 2. The predicted molar refractivity (Wildman–Crippen MR) is 57.9 cm³/mol. The Morgan fingerprint density at radius 1 is 1.73 bits per heavy atom. The van der Waals surface area contributed by atoms with Gasteiger partial charge in [-0.05, 0) is 18.8 Å². The molecule has 1 atom stereocenters. The number of alkyl halides is 1. The van der Waals surface area contributed by atoms with Crippen molar-refractivity contribution < 1.29 is 4.79 Å². The maximum absolute atomic E-state index is 11.9. The van der Waals surface area contributed by atoms with Gasteiger partial charge in [0.25, 0.3) is 5.91 Å². The lowest BCUT2D eigenvalue weighted by atomic mass is 10.00. The van der Waals surface area contributed by atoms with Crippen LogP contribution in [-0.4, -0.2) is 40.0 Å². The second kappa shape index (κ2) is 4.66. The molecule has 0 radical (unpaired) electrons. The molecule has 2 heterocycles. The molecule has 1 saturated heterocycles. The summed E-state index contributed by atoms with van der Waals surface area (Å²) < 4.78 is 0. The summed E-state index contributed by atoms with van der Waals surface area (Å²) in [7, 11) is 0. The normalized spacial score (nSPS) is 21.7. The molecule has 1 aromatic rings. The van der Waals surface area contributed by atoms with Gasteiger partial charge >= 0.3 is 0 Å². The number of carbonyl (C=O) groups is 1. The quantitative estimate of drug-likeness (QED) is 0.779. The predicted octanol–water partition coefficient (Wildman–Crippen LogP) is 1.50. The number of rotatable bonds is 2. The van der Waals surface area contributed by atoms with E-state index < -0.39 is 0 Å². The first kappa shape index (κ1) is 10.5. The Balaban J connectivity index is 2.01. The van der Waals surface area contributed by atoms with E-state index >= 15 is 0 Å². The highest BCUT2D eigenvalue weighted by atomic mass is 35.5. The molecule has 0 aliphatic carbocycles. The van der Waals surface area contributed by atoms with Gasteiger partial charge in [0.2, 0.25) is 0 Å². The van der Waals surface area contributed by atoms with E-state index in [1.807, 2.05) is 4.90 Å². The molecule has 1 fully saturated rings. The number of halogens is 1. The van der Waals surface area contributed by atoms with Crippen molar-refractivity contribution in [3.05, 3.63) is 18.0 Å². The SMILES string of the molecule is O=C(c1cn[nH]c1)N1CCCC(CCl)C1. The van der Waals surface area contributed by atoms with Crippen LogP contribution in [0.1, 0.15) is 23.2 Å². The molecule has 1 unspecified atom stereocenters. The Bertz CT molecular complexity index is 325. The van der Waals surface area contributed by atoms with Crippen LogP contribution in [0.4, 0.5) is 0 Å². The average Bonchev–Trinajstić information content (AvgIpc) is 2.81. The fourth-order valence-corrected chi connectivity index (χ4v) is 2.18. The van der Waals surface area contributed by atoms with Crippen LogP contribution in [0.5, 0.6) is 0 Å². The molecular weight excluding hydrogens is 214 g/mol. The van der Waals surface area contributed by atoms with Crippen molar-refractivity contribution in [2.45, 2.75) is 12.8 Å². The van der Waals surface area contributed by atoms with Crippen molar-refractivity contribution in [3.8, 4) is 0 Å². The first-order valence-corrected chi connectivity index (χ1v) is 5.68. The minimum absolute atomic E-state index is 0.0542. The summed E-state index contributed by atoms with van der Waals surface area (Å²) in [6, 6.07) is 0. The number of amides is 1. The van der Waals surface area contributed by atoms with Gasteiger partial charge in [-0.25, -0.2) is 0 Å². The van der Waals surface area contributed by atoms with Crippen LogP contribution in [-0.2, 0) is 0 Å². The molecule has 0 bridgehead atoms. The van der Waals surface area contributed by atoms with E-state index in [1.165, 1.54) is 0 Å². The molecule has 2 rings (SSSR count). The topological polar surface area (TPSA) is 49.0 Å². The van der Waals surface area contributed by atoms with Crippen molar-refractivity contribution in [1.82, 2.24) is 15.1 Å². The number of H-pyrrole nitrogens is 1. The maximum Gasteiger partial charge on any atom is 0.257 e. The van der Waals surface area contributed by atoms with E-state index in [9.17, 15) is 4.79 Å². The van der Waals surface area contributed by atoms with Crippen LogP contribution in [0.2, 0.25) is 0 Å². The highest BCUT2D eigenvalue weighted by molar-refractivity contribution is 6.18. The standard InChI is InChI=1S/C10H14ClN3O/c11-4-8-2-1-3-14(7-8)10(15)9-5-12-13-6-9/h5-6,8H,1-4,7H2,(H,12,13). The molecule has 1 amide bonds. The molecule has 1 aliphatic rings. The first-order chi connectivity index (χ1) is 7.31. The monoisotopic (exact) mass is 227 g/mol. The lowest BCUT2D eigenvalue weighted by molar-refractivity contribution is 0.0685. The van der Waals surface area contributed by atoms with Gasteiger partial charge in [0.1, 0.15) is 0 Å². The van der Waals surface area contributed by atoms with Crippen LogP contribution < -0.4 is 0 Å². The van der Waals surface area contributed by atoms with Gasteiger partial charge in [0, 0.05) is 25.2 Å². The van der Waals surface area contributed by atoms with Gasteiger partial charge in [0.05, 0.1) is 11.8 Å². The van der Waals surface area contributed by atoms with Crippen molar-refractivity contribution in [3.63, 3.8) is 0 Å². The summed E-state index contributed by atoms with van der Waals surface area (Å²) in [4.78, 5) is 13.8. The Hall–Kier alpha value is -1.03. The van der Waals surface area contributed by atoms with E-state index in [-0.39, 0.29) is 5.91 Å². The molecule has 5 heteroatoms. The van der Waals surface area contributed by atoms with Crippen LogP contribution in [0.15, 0.2) is 12.4 Å². The number of carbonyl (C=O) groups excluding carboxylic acids is 1. The molecular formula is C10H14ClN3O. The largest absolute Gasteiger partial charge is 0.338 e. The minimum Gasteiger partial charge on any atom is -0.338 e. The zero-order chi connectivity index (χ0) is 10.7. The van der Waals surface area contributed by atoms with Gasteiger partial charge in [0.15, 0.2) is 0 Å². The Kier molecular flexibility index (Phi) is 3.26. The van der Waals surface area contributed by atoms with Crippen molar-refractivity contribution in [2.75, 3.05) is 19.0 Å². The number of aromatic nitrogens is 2. The van der Waals surface area contributed by atoms with E-state index in [1.54, 1.807) is 12.4 Å². The third-order valence-corrected chi connectivity index (χ3v) is 3.21. The Morgan fingerprint density at radius 3 is 3.27 bits per heavy atom. The third kappa shape index (κ3) is 2.31. The Labute approximate surface area is 93.6 Å². The molecule has 1 N–H and O–H groups in total. The zero-order valence-electron chi connectivity index (χ0n) is 8.45. The van der Waals surface area contributed by atoms with Gasteiger partial charge < -0.3 is 4.90 Å². The maximum atomic E-state index is 11.9. The molecule has 0 spiro atoms. The molecule has 1 aliphatic heterocycles. The van der Waals surface area contributed by atoms with E-state index in [4.69, 9.17) is 11.6 Å². The van der Waals surface area contributed by atoms with Gasteiger partial charge in [-0.2, -0.15) is 5.10 Å². The molecule has 15 heavy (non-hydrogen) atoms. The fourth-order valence-electron chi connectivity index (χ4n) is 1.93. The summed E-state index contributed by atoms with van der Waals surface area (Å²) in [5.41, 5.74) is 0.630. The number of piperidine rings is 1. The number of likely N-dealkylation sites (tertiary alicyclic amines) is 1. The van der Waals surface area contributed by atoms with E-state index in [0.717, 1.165) is 25.9 Å². The van der Waals surface area contributed by atoms with Crippen LogP contribution in [0, 0.1) is 5.92 Å². The van der Waals surface area contributed by atoms with Crippen LogP contribution in [0.3, 0.4) is 0 Å². The number of aromatic amines is 1. The summed E-state index contributed by atoms with van der Waals surface area (Å²) >= 11 is 5.82. The molecule has 0 saturated carbocycles. The second-order valence-electron chi connectivity index (χ2n) is 3.90. The summed E-state index contributed by atoms with van der Waals surface area (Å²) in [6.07, 6.45) is 5.36. The van der Waals surface area contributed by atoms with Crippen LogP contribution in [0.25, 0.3) is 0 Å². The number of nitrogens with one attached hydrogen (secondary N) is 1. The molecule has 1 aromatic heterocycles. The van der Waals surface area contributed by atoms with E-state index in [0.29, 0.717) is 17.4 Å². The lowest BCUT2D eigenvalue weighted by Crippen LogP contribution is -2.40. The molecule has 0 aromatic carbocycles. The molecule has 4 nitrogen and oxygen atoms in total. The minimum atomic E-state index is 0.0542. The summed E-state index contributed by atoms with van der Waals surface area (Å²) in [5, 5.41) is 6.43. The number of nitrogens with zero attached hydrogens (tertiary/aromatic N) is 2. The second-order valence-corrected chi connectivity index (χ2v) is 4.21. The number of hydrogen-bond donors (Lipinski definition) is 1. The summed E-state index contributed by atoms with van der Waals surface area (Å²) in [5.74, 6) is 1.13. The lowest BCUT2D eigenvalue weighted by Gasteiger charge is -2.31. The fraction of sp³-hybridized carbons (Fsp3) is 0.600. The van der Waals surface area contributed by atoms with Crippen molar-refractivity contribution in [2.24, 2.45) is 5.92 Å². The molecule has 82 valence electrons. The van der Waals surface area contributed by atoms with Crippen LogP contribution >= 0.6 is 11.6 Å². The van der Waals surface area contributed by atoms with Crippen molar-refractivity contribution >= 4 is 17.5 Å². The Morgan fingerprint density at radius 2 is 2.60 bits per heavy atom. The highest BCUT2D eigenvalue weighted by Crippen LogP contribution is 2.19. The average molecular weight is 228 g/mol. The third-order valence-electron chi connectivity index (χ3n) is 2.77. The zero-order valence-corrected chi connectivity index (χ0v) is 9.20. The van der Waals surface area contributed by atoms with Gasteiger partial charge in [-0.1, -0.05) is 0 Å². The highest BCUT2D eigenvalue weighted by Gasteiger charge is 2.24. The first-order valence-electron chi connectivity index (χ1n) is 5.15.